The van der Waals surface area contributed by atoms with Gasteiger partial charge in [0.2, 0.25) is 0 Å². The molecule has 0 saturated carbocycles. The maximum absolute atomic E-state index is 9.16. The first kappa shape index (κ1) is 17.2. The average Bonchev–Trinajstić information content (AvgIpc) is 2.82. The van der Waals surface area contributed by atoms with Gasteiger partial charge in [-0.3, -0.25) is 4.68 Å². The van der Waals surface area contributed by atoms with E-state index in [4.69, 9.17) is 5.11 Å². The number of benzene rings is 1. The number of aromatic nitrogens is 2. The van der Waals surface area contributed by atoms with Crippen LogP contribution < -0.4 is 5.32 Å². The molecule has 24 heavy (non-hydrogen) atoms. The van der Waals surface area contributed by atoms with E-state index in [9.17, 15) is 0 Å². The Labute approximate surface area is 144 Å². The fourth-order valence-corrected chi connectivity index (χ4v) is 3.95. The highest BCUT2D eigenvalue weighted by atomic mass is 16.3. The van der Waals surface area contributed by atoms with E-state index in [0.717, 1.165) is 24.4 Å². The van der Waals surface area contributed by atoms with E-state index in [1.54, 1.807) is 0 Å². The van der Waals surface area contributed by atoms with Crippen molar-refractivity contribution in [1.82, 2.24) is 15.1 Å². The van der Waals surface area contributed by atoms with Gasteiger partial charge in [-0.15, -0.1) is 0 Å². The lowest BCUT2D eigenvalue weighted by atomic mass is 9.71. The highest BCUT2D eigenvalue weighted by Crippen LogP contribution is 2.41. The van der Waals surface area contributed by atoms with Crippen molar-refractivity contribution >= 4 is 0 Å². The molecule has 4 heteroatoms. The Morgan fingerprint density at radius 1 is 1.29 bits per heavy atom. The van der Waals surface area contributed by atoms with E-state index in [1.807, 2.05) is 4.68 Å². The Morgan fingerprint density at radius 3 is 2.79 bits per heavy atom. The van der Waals surface area contributed by atoms with Crippen molar-refractivity contribution in [3.8, 4) is 0 Å². The summed E-state index contributed by atoms with van der Waals surface area (Å²) in [4.78, 5) is 0. The van der Waals surface area contributed by atoms with Gasteiger partial charge in [0, 0.05) is 23.8 Å². The number of nitrogens with one attached hydrogen (secondary N) is 1. The average molecular weight is 327 g/mol. The van der Waals surface area contributed by atoms with Crippen molar-refractivity contribution in [2.24, 2.45) is 0 Å². The number of aryl methyl sites for hydroxylation is 1. The van der Waals surface area contributed by atoms with Crippen LogP contribution in [0.5, 0.6) is 0 Å². The van der Waals surface area contributed by atoms with Crippen molar-refractivity contribution in [2.45, 2.75) is 65.1 Å². The van der Waals surface area contributed by atoms with E-state index in [1.165, 1.54) is 23.1 Å². The molecule has 1 aliphatic rings. The summed E-state index contributed by atoms with van der Waals surface area (Å²) >= 11 is 0. The second-order valence-electron chi connectivity index (χ2n) is 7.54. The van der Waals surface area contributed by atoms with Crippen molar-refractivity contribution in [1.29, 1.82) is 0 Å². The summed E-state index contributed by atoms with van der Waals surface area (Å²) < 4.78 is 1.91. The second kappa shape index (κ2) is 6.69. The molecule has 2 N–H and O–H groups in total. The van der Waals surface area contributed by atoms with Gasteiger partial charge in [0.25, 0.3) is 0 Å². The molecule has 3 rings (SSSR count). The van der Waals surface area contributed by atoms with Gasteiger partial charge < -0.3 is 10.4 Å². The molecular formula is C20H29N3O. The first-order valence-corrected chi connectivity index (χ1v) is 8.90. The van der Waals surface area contributed by atoms with Crippen LogP contribution in [0.25, 0.3) is 0 Å². The lowest BCUT2D eigenvalue weighted by Gasteiger charge is -2.37. The number of aliphatic hydroxyl groups is 1. The Bertz CT molecular complexity index is 718. The molecule has 4 nitrogen and oxygen atoms in total. The van der Waals surface area contributed by atoms with Crippen LogP contribution in [0, 0.1) is 13.8 Å². The van der Waals surface area contributed by atoms with Gasteiger partial charge in [-0.1, -0.05) is 38.1 Å². The summed E-state index contributed by atoms with van der Waals surface area (Å²) in [5, 5.41) is 17.5. The number of fused-ring (bicyclic) bond motifs is 1. The standard InChI is InChI=1S/C20H29N3O/c1-14-17(15(2)23(22-14)11-12-24)13-21-19-9-10-20(3,4)18-8-6-5-7-16(18)19/h5-8,19,21,24H,9-13H2,1-4H3/t19-/m1/s1. The molecular weight excluding hydrogens is 298 g/mol. The predicted molar refractivity (Wildman–Crippen MR) is 97.1 cm³/mol. The summed E-state index contributed by atoms with van der Waals surface area (Å²) in [6.45, 7) is 10.3. The van der Waals surface area contributed by atoms with Crippen molar-refractivity contribution in [3.63, 3.8) is 0 Å². The van der Waals surface area contributed by atoms with Crippen molar-refractivity contribution in [3.05, 3.63) is 52.3 Å². The fraction of sp³-hybridized carbons (Fsp3) is 0.550. The largest absolute Gasteiger partial charge is 0.394 e. The third-order valence-corrected chi connectivity index (χ3v) is 5.49. The van der Waals surface area contributed by atoms with E-state index in [0.29, 0.717) is 12.6 Å². The zero-order valence-electron chi connectivity index (χ0n) is 15.3. The number of nitrogens with zero attached hydrogens (tertiary/aromatic N) is 2. The zero-order chi connectivity index (χ0) is 17.3. The van der Waals surface area contributed by atoms with Gasteiger partial charge in [0.15, 0.2) is 0 Å². The topological polar surface area (TPSA) is 50.1 Å². The summed E-state index contributed by atoms with van der Waals surface area (Å²) in [5.74, 6) is 0. The lowest BCUT2D eigenvalue weighted by molar-refractivity contribution is 0.267. The van der Waals surface area contributed by atoms with Gasteiger partial charge >= 0.3 is 0 Å². The lowest BCUT2D eigenvalue weighted by Crippen LogP contribution is -2.32. The summed E-state index contributed by atoms with van der Waals surface area (Å²) in [6, 6.07) is 9.23. The molecule has 0 fully saturated rings. The Morgan fingerprint density at radius 2 is 2.04 bits per heavy atom. The molecule has 1 aliphatic carbocycles. The van der Waals surface area contributed by atoms with Crippen LogP contribution in [0.4, 0.5) is 0 Å². The molecule has 0 radical (unpaired) electrons. The maximum atomic E-state index is 9.16. The van der Waals surface area contributed by atoms with Crippen LogP contribution in [-0.2, 0) is 18.5 Å². The highest BCUT2D eigenvalue weighted by molar-refractivity contribution is 5.38. The molecule has 0 unspecified atom stereocenters. The molecule has 0 aliphatic heterocycles. The van der Waals surface area contributed by atoms with Gasteiger partial charge in [0.05, 0.1) is 18.8 Å². The predicted octanol–water partition coefficient (Wildman–Crippen LogP) is 3.39. The minimum Gasteiger partial charge on any atom is -0.394 e. The first-order chi connectivity index (χ1) is 11.4. The third-order valence-electron chi connectivity index (χ3n) is 5.49. The van der Waals surface area contributed by atoms with E-state index >= 15 is 0 Å². The number of hydrogen-bond donors (Lipinski definition) is 2. The van der Waals surface area contributed by atoms with Gasteiger partial charge in [-0.05, 0) is 43.2 Å². The summed E-state index contributed by atoms with van der Waals surface area (Å²) in [6.07, 6.45) is 2.36. The normalized spacial score (nSPS) is 19.3. The molecule has 1 heterocycles. The van der Waals surface area contributed by atoms with Crippen LogP contribution in [0.3, 0.4) is 0 Å². The molecule has 1 aromatic carbocycles. The molecule has 0 bridgehead atoms. The monoisotopic (exact) mass is 327 g/mol. The first-order valence-electron chi connectivity index (χ1n) is 8.90. The summed E-state index contributed by atoms with van der Waals surface area (Å²) in [5.41, 5.74) is 6.62. The molecule has 130 valence electrons. The Kier molecular flexibility index (Phi) is 4.79. The number of hydrogen-bond acceptors (Lipinski definition) is 3. The second-order valence-corrected chi connectivity index (χ2v) is 7.54. The van der Waals surface area contributed by atoms with Crippen molar-refractivity contribution < 1.29 is 5.11 Å². The van der Waals surface area contributed by atoms with Crippen LogP contribution in [0.2, 0.25) is 0 Å². The zero-order valence-corrected chi connectivity index (χ0v) is 15.3. The molecule has 2 aromatic rings. The minimum atomic E-state index is 0.125. The number of rotatable bonds is 5. The van der Waals surface area contributed by atoms with Gasteiger partial charge in [-0.2, -0.15) is 5.10 Å². The molecule has 1 aromatic heterocycles. The van der Waals surface area contributed by atoms with Crippen LogP contribution in [0.1, 0.15) is 60.8 Å². The van der Waals surface area contributed by atoms with E-state index in [-0.39, 0.29) is 12.0 Å². The van der Waals surface area contributed by atoms with E-state index < -0.39 is 0 Å². The van der Waals surface area contributed by atoms with Gasteiger partial charge in [-0.25, -0.2) is 0 Å². The van der Waals surface area contributed by atoms with Crippen LogP contribution >= 0.6 is 0 Å². The highest BCUT2D eigenvalue weighted by Gasteiger charge is 2.32. The van der Waals surface area contributed by atoms with Crippen molar-refractivity contribution in [2.75, 3.05) is 6.61 Å². The number of aliphatic hydroxyl groups excluding tert-OH is 1. The quantitative estimate of drug-likeness (QED) is 0.885. The third kappa shape index (κ3) is 3.13. The molecule has 0 amide bonds. The van der Waals surface area contributed by atoms with E-state index in [2.05, 4.69) is 62.4 Å². The minimum absolute atomic E-state index is 0.125. The van der Waals surface area contributed by atoms with Crippen LogP contribution in [-0.4, -0.2) is 21.5 Å². The molecule has 1 atom stereocenters. The smallest absolute Gasteiger partial charge is 0.0644 e. The molecule has 0 saturated heterocycles. The SMILES string of the molecule is Cc1nn(CCO)c(C)c1CN[C@@H]1CCC(C)(C)c2ccccc21. The summed E-state index contributed by atoms with van der Waals surface area (Å²) in [7, 11) is 0. The van der Waals surface area contributed by atoms with Crippen LogP contribution in [0.15, 0.2) is 24.3 Å². The molecule has 0 spiro atoms. The van der Waals surface area contributed by atoms with Gasteiger partial charge in [0.1, 0.15) is 0 Å². The Hall–Kier alpha value is -1.65. The maximum Gasteiger partial charge on any atom is 0.0644 e. The fourth-order valence-electron chi connectivity index (χ4n) is 3.95. The Balaban J connectivity index is 1.79.